The van der Waals surface area contributed by atoms with Gasteiger partial charge in [-0.1, -0.05) is 13.8 Å². The van der Waals surface area contributed by atoms with E-state index in [0.29, 0.717) is 23.7 Å². The number of fused-ring (bicyclic) bond motifs is 3. The van der Waals surface area contributed by atoms with Gasteiger partial charge in [0.05, 0.1) is 17.7 Å². The van der Waals surface area contributed by atoms with Gasteiger partial charge in [-0.25, -0.2) is 10.9 Å². The van der Waals surface area contributed by atoms with Crippen LogP contribution in [-0.4, -0.2) is 40.4 Å². The zero-order valence-corrected chi connectivity index (χ0v) is 11.9. The Balaban J connectivity index is 1.89. The molecule has 3 saturated heterocycles. The maximum atomic E-state index is 3.70. The van der Waals surface area contributed by atoms with Crippen LogP contribution in [0.25, 0.3) is 0 Å². The van der Waals surface area contributed by atoms with Gasteiger partial charge in [-0.05, 0) is 25.7 Å². The summed E-state index contributed by atoms with van der Waals surface area (Å²) in [5, 5.41) is 5.13. The van der Waals surface area contributed by atoms with Crippen molar-refractivity contribution in [2.45, 2.75) is 56.7 Å². The second-order valence-corrected chi connectivity index (χ2v) is 7.31. The van der Waals surface area contributed by atoms with Crippen LogP contribution in [0.5, 0.6) is 0 Å². The molecule has 17 heavy (non-hydrogen) atoms. The Morgan fingerprint density at radius 2 is 1.88 bits per heavy atom. The monoisotopic (exact) mass is 256 g/mol. The highest BCUT2D eigenvalue weighted by atomic mass is 32.2. The molecule has 4 nitrogen and oxygen atoms in total. The van der Waals surface area contributed by atoms with E-state index in [0.717, 1.165) is 23.6 Å². The van der Waals surface area contributed by atoms with Crippen molar-refractivity contribution in [2.75, 3.05) is 6.54 Å². The lowest BCUT2D eigenvalue weighted by atomic mass is 9.91. The van der Waals surface area contributed by atoms with Crippen molar-refractivity contribution in [1.82, 2.24) is 21.1 Å². The quantitative estimate of drug-likeness (QED) is 0.597. The summed E-state index contributed by atoms with van der Waals surface area (Å²) < 4.78 is 0. The first-order valence-electron chi connectivity index (χ1n) is 6.77. The average molecular weight is 256 g/mol. The molecule has 3 heterocycles. The maximum absolute atomic E-state index is 3.70. The number of nitrogens with zero attached hydrogens (tertiary/aromatic N) is 1. The second kappa shape index (κ2) is 4.38. The molecule has 7 atom stereocenters. The highest BCUT2D eigenvalue weighted by Gasteiger charge is 2.50. The smallest absolute Gasteiger partial charge is 0.0903 e. The molecule has 0 saturated carbocycles. The first-order chi connectivity index (χ1) is 8.09. The van der Waals surface area contributed by atoms with E-state index in [4.69, 9.17) is 0 Å². The van der Waals surface area contributed by atoms with E-state index in [-0.39, 0.29) is 0 Å². The summed E-state index contributed by atoms with van der Waals surface area (Å²) >= 11 is 2.16. The number of hydrogen-bond donors (Lipinski definition) is 3. The molecule has 0 bridgehead atoms. The van der Waals surface area contributed by atoms with E-state index < -0.39 is 0 Å². The van der Waals surface area contributed by atoms with Gasteiger partial charge in [0, 0.05) is 17.8 Å². The minimum atomic E-state index is 0.421. The van der Waals surface area contributed by atoms with Crippen LogP contribution in [0.4, 0.5) is 0 Å². The fourth-order valence-electron chi connectivity index (χ4n) is 3.42. The Hall–Kier alpha value is 0.190. The number of hydrogen-bond acceptors (Lipinski definition) is 5. The number of hydrazine groups is 1. The van der Waals surface area contributed by atoms with Crippen molar-refractivity contribution in [3.8, 4) is 0 Å². The number of thioether (sulfide) groups is 1. The third-order valence-electron chi connectivity index (χ3n) is 4.79. The molecule has 3 rings (SSSR count). The van der Waals surface area contributed by atoms with Crippen molar-refractivity contribution >= 4 is 11.8 Å². The molecule has 5 heteroatoms. The first-order valence-corrected chi connectivity index (χ1v) is 7.71. The normalized spacial score (nSPS) is 55.4. The van der Waals surface area contributed by atoms with Gasteiger partial charge < -0.3 is 5.32 Å². The molecule has 3 fully saturated rings. The molecule has 0 spiro atoms. The second-order valence-electron chi connectivity index (χ2n) is 5.81. The van der Waals surface area contributed by atoms with Crippen LogP contribution in [0, 0.1) is 11.8 Å². The summed E-state index contributed by atoms with van der Waals surface area (Å²) in [6.45, 7) is 10.5. The van der Waals surface area contributed by atoms with Crippen LogP contribution < -0.4 is 16.2 Å². The van der Waals surface area contributed by atoms with Crippen molar-refractivity contribution in [1.29, 1.82) is 0 Å². The highest BCUT2D eigenvalue weighted by molar-refractivity contribution is 8.00. The SMILES string of the molecule is CC1SC2C(CN[C@@H](C)C3NNC(C)N23)C1C. The van der Waals surface area contributed by atoms with Crippen LogP contribution in [0.1, 0.15) is 27.7 Å². The van der Waals surface area contributed by atoms with Crippen molar-refractivity contribution < 1.29 is 0 Å². The average Bonchev–Trinajstić information content (AvgIpc) is 2.75. The molecular weight excluding hydrogens is 232 g/mol. The highest BCUT2D eigenvalue weighted by Crippen LogP contribution is 2.46. The largest absolute Gasteiger partial charge is 0.311 e. The molecule has 3 aliphatic rings. The zero-order valence-electron chi connectivity index (χ0n) is 11.1. The molecule has 3 aliphatic heterocycles. The van der Waals surface area contributed by atoms with Gasteiger partial charge >= 0.3 is 0 Å². The third-order valence-corrected chi connectivity index (χ3v) is 6.52. The van der Waals surface area contributed by atoms with E-state index in [1.165, 1.54) is 0 Å². The molecule has 6 unspecified atom stereocenters. The lowest BCUT2D eigenvalue weighted by Gasteiger charge is -2.33. The van der Waals surface area contributed by atoms with E-state index in [9.17, 15) is 0 Å². The minimum absolute atomic E-state index is 0.421. The van der Waals surface area contributed by atoms with Gasteiger partial charge in [0.25, 0.3) is 0 Å². The molecule has 0 aliphatic carbocycles. The van der Waals surface area contributed by atoms with Crippen LogP contribution in [-0.2, 0) is 0 Å². The van der Waals surface area contributed by atoms with Crippen molar-refractivity contribution in [2.24, 2.45) is 11.8 Å². The van der Waals surface area contributed by atoms with Crippen molar-refractivity contribution in [3.05, 3.63) is 0 Å². The molecule has 0 radical (unpaired) electrons. The lowest BCUT2D eigenvalue weighted by molar-refractivity contribution is 0.140. The summed E-state index contributed by atoms with van der Waals surface area (Å²) in [5.74, 6) is 1.57. The Bertz CT molecular complexity index is 300. The Labute approximate surface area is 108 Å². The zero-order chi connectivity index (χ0) is 12.2. The van der Waals surface area contributed by atoms with Crippen LogP contribution in [0.15, 0.2) is 0 Å². The minimum Gasteiger partial charge on any atom is -0.311 e. The fraction of sp³-hybridized carbons (Fsp3) is 1.00. The Morgan fingerprint density at radius 3 is 2.65 bits per heavy atom. The van der Waals surface area contributed by atoms with Gasteiger partial charge in [0.15, 0.2) is 0 Å². The molecule has 0 aromatic rings. The molecule has 3 N–H and O–H groups in total. The number of rotatable bonds is 0. The van der Waals surface area contributed by atoms with E-state index in [1.807, 2.05) is 0 Å². The summed E-state index contributed by atoms with van der Waals surface area (Å²) in [6.07, 6.45) is 0.852. The molecule has 0 amide bonds. The van der Waals surface area contributed by atoms with Gasteiger partial charge in [0.2, 0.25) is 0 Å². The van der Waals surface area contributed by atoms with Gasteiger partial charge in [0.1, 0.15) is 0 Å². The topological polar surface area (TPSA) is 39.3 Å². The van der Waals surface area contributed by atoms with E-state index in [2.05, 4.69) is 60.5 Å². The molecule has 0 aromatic carbocycles. The van der Waals surface area contributed by atoms with Crippen LogP contribution in [0.3, 0.4) is 0 Å². The fourth-order valence-corrected chi connectivity index (χ4v) is 5.31. The summed E-state index contributed by atoms with van der Waals surface area (Å²) in [6, 6.07) is 0.501. The lowest BCUT2D eigenvalue weighted by Crippen LogP contribution is -2.51. The van der Waals surface area contributed by atoms with Gasteiger partial charge in [-0.3, -0.25) is 4.90 Å². The predicted octanol–water partition coefficient (Wildman–Crippen LogP) is 0.774. The molecule has 0 aromatic heterocycles. The Kier molecular flexibility index (Phi) is 3.16. The molecular formula is C12H24N4S. The predicted molar refractivity (Wildman–Crippen MR) is 72.3 cm³/mol. The van der Waals surface area contributed by atoms with E-state index >= 15 is 0 Å². The van der Waals surface area contributed by atoms with Gasteiger partial charge in [-0.2, -0.15) is 0 Å². The Morgan fingerprint density at radius 1 is 1.12 bits per heavy atom. The first kappa shape index (κ1) is 12.2. The van der Waals surface area contributed by atoms with Crippen molar-refractivity contribution in [3.63, 3.8) is 0 Å². The van der Waals surface area contributed by atoms with E-state index in [1.54, 1.807) is 0 Å². The molecule has 98 valence electrons. The summed E-state index contributed by atoms with van der Waals surface area (Å²) in [4.78, 5) is 2.64. The number of nitrogens with one attached hydrogen (secondary N) is 3. The third kappa shape index (κ3) is 1.83. The van der Waals surface area contributed by atoms with Crippen LogP contribution >= 0.6 is 11.8 Å². The van der Waals surface area contributed by atoms with Crippen LogP contribution in [0.2, 0.25) is 0 Å². The maximum Gasteiger partial charge on any atom is 0.0903 e. The summed E-state index contributed by atoms with van der Waals surface area (Å²) in [7, 11) is 0. The standard InChI is InChI=1S/C12H24N4S/c1-6-8(3)17-12-10(6)5-13-7(2)11-15-14-9(4)16(11)12/h6-15H,5H2,1-4H3/t6?,7-,8?,9?,10?,11?,12?/m0/s1. The van der Waals surface area contributed by atoms with Gasteiger partial charge in [-0.15, -0.1) is 11.8 Å². The summed E-state index contributed by atoms with van der Waals surface area (Å²) in [5.41, 5.74) is 6.83.